The first kappa shape index (κ1) is 16.6. The van der Waals surface area contributed by atoms with Crippen molar-refractivity contribution in [1.82, 2.24) is 30.5 Å². The van der Waals surface area contributed by atoms with E-state index in [-0.39, 0.29) is 5.91 Å². The van der Waals surface area contributed by atoms with Gasteiger partial charge in [-0.05, 0) is 18.2 Å². The zero-order valence-electron chi connectivity index (χ0n) is 14.5. The van der Waals surface area contributed by atoms with Gasteiger partial charge in [0, 0.05) is 18.4 Å². The molecule has 0 fully saturated rings. The minimum absolute atomic E-state index is 0.257. The molecule has 0 saturated carbocycles. The number of hydrogen-bond donors (Lipinski definition) is 3. The van der Waals surface area contributed by atoms with Crippen LogP contribution < -0.4 is 10.1 Å². The molecule has 0 saturated heterocycles. The minimum Gasteiger partial charge on any atom is -0.480 e. The van der Waals surface area contributed by atoms with E-state index < -0.39 is 0 Å². The van der Waals surface area contributed by atoms with Crippen LogP contribution in [0.4, 0.5) is 0 Å². The maximum absolute atomic E-state index is 12.2. The molecular weight excluding hydrogens is 344 g/mol. The van der Waals surface area contributed by atoms with Crippen LogP contribution in [-0.2, 0) is 0 Å². The standard InChI is InChI=1S/C19H16N6O2/c1-27-19-12(10-13-11-21-25-16(13)24-19)6-4-5-9-20-18(26)17-22-14-7-2-3-8-15(14)23-17/h2-3,7-8,10-11H,5,9H2,1H3,(H,20,26)(H,22,23)(H,21,24,25). The van der Waals surface area contributed by atoms with Gasteiger partial charge in [-0.2, -0.15) is 10.1 Å². The first-order chi connectivity index (χ1) is 13.2. The maximum atomic E-state index is 12.2. The molecule has 134 valence electrons. The van der Waals surface area contributed by atoms with E-state index in [1.54, 1.807) is 13.3 Å². The van der Waals surface area contributed by atoms with Gasteiger partial charge in [-0.15, -0.1) is 0 Å². The number of hydrogen-bond acceptors (Lipinski definition) is 5. The number of pyridine rings is 1. The molecular formula is C19H16N6O2. The Bertz CT molecular complexity index is 1150. The summed E-state index contributed by atoms with van der Waals surface area (Å²) >= 11 is 0. The molecule has 0 aliphatic carbocycles. The normalized spacial score (nSPS) is 10.6. The summed E-state index contributed by atoms with van der Waals surface area (Å²) < 4.78 is 5.26. The predicted molar refractivity (Wildman–Crippen MR) is 100 cm³/mol. The Hall–Kier alpha value is -3.86. The number of amides is 1. The highest BCUT2D eigenvalue weighted by Crippen LogP contribution is 2.19. The highest BCUT2D eigenvalue weighted by molar-refractivity contribution is 5.94. The molecule has 8 heteroatoms. The highest BCUT2D eigenvalue weighted by atomic mass is 16.5. The fraction of sp³-hybridized carbons (Fsp3) is 0.158. The van der Waals surface area contributed by atoms with Crippen molar-refractivity contribution in [2.75, 3.05) is 13.7 Å². The molecule has 0 aliphatic heterocycles. The summed E-state index contributed by atoms with van der Waals surface area (Å²) in [6.07, 6.45) is 2.17. The van der Waals surface area contributed by atoms with Gasteiger partial charge in [0.2, 0.25) is 5.88 Å². The number of aromatic amines is 2. The molecule has 3 aromatic heterocycles. The summed E-state index contributed by atoms with van der Waals surface area (Å²) in [6.45, 7) is 0.409. The number of ether oxygens (including phenoxy) is 1. The number of para-hydroxylation sites is 2. The van der Waals surface area contributed by atoms with Gasteiger partial charge in [0.05, 0.1) is 29.9 Å². The monoisotopic (exact) mass is 360 g/mol. The van der Waals surface area contributed by atoms with Crippen molar-refractivity contribution in [3.05, 3.63) is 47.9 Å². The molecule has 0 atom stereocenters. The number of methoxy groups -OCH3 is 1. The van der Waals surface area contributed by atoms with Crippen LogP contribution >= 0.6 is 0 Å². The Morgan fingerprint density at radius 2 is 2.19 bits per heavy atom. The van der Waals surface area contributed by atoms with E-state index >= 15 is 0 Å². The largest absolute Gasteiger partial charge is 0.480 e. The highest BCUT2D eigenvalue weighted by Gasteiger charge is 2.10. The summed E-state index contributed by atoms with van der Waals surface area (Å²) in [5.41, 5.74) is 2.92. The maximum Gasteiger partial charge on any atom is 0.287 e. The van der Waals surface area contributed by atoms with E-state index in [1.807, 2.05) is 30.3 Å². The Labute approximate surface area is 154 Å². The second kappa shape index (κ2) is 7.17. The van der Waals surface area contributed by atoms with E-state index in [4.69, 9.17) is 4.74 Å². The molecule has 1 amide bonds. The zero-order valence-corrected chi connectivity index (χ0v) is 14.5. The molecule has 0 unspecified atom stereocenters. The van der Waals surface area contributed by atoms with Crippen LogP contribution in [0.25, 0.3) is 22.1 Å². The quantitative estimate of drug-likeness (QED) is 0.381. The van der Waals surface area contributed by atoms with Gasteiger partial charge < -0.3 is 15.0 Å². The first-order valence-corrected chi connectivity index (χ1v) is 8.34. The molecule has 4 aromatic rings. The van der Waals surface area contributed by atoms with Gasteiger partial charge in [0.25, 0.3) is 5.91 Å². The fourth-order valence-electron chi connectivity index (χ4n) is 2.65. The number of carbonyl (C=O) groups excluding carboxylic acids is 1. The molecule has 0 radical (unpaired) electrons. The molecule has 27 heavy (non-hydrogen) atoms. The molecule has 8 nitrogen and oxygen atoms in total. The van der Waals surface area contributed by atoms with Crippen LogP contribution in [0.1, 0.15) is 22.6 Å². The summed E-state index contributed by atoms with van der Waals surface area (Å²) in [5, 5.41) is 10.4. The Balaban J connectivity index is 1.38. The number of H-pyrrole nitrogens is 2. The second-order valence-electron chi connectivity index (χ2n) is 5.76. The van der Waals surface area contributed by atoms with Crippen LogP contribution in [0.5, 0.6) is 5.88 Å². The van der Waals surface area contributed by atoms with Gasteiger partial charge in [0.1, 0.15) is 0 Å². The van der Waals surface area contributed by atoms with E-state index in [9.17, 15) is 4.79 Å². The van der Waals surface area contributed by atoms with Gasteiger partial charge in [-0.25, -0.2) is 4.98 Å². The Morgan fingerprint density at radius 1 is 1.30 bits per heavy atom. The van der Waals surface area contributed by atoms with E-state index in [0.29, 0.717) is 35.9 Å². The minimum atomic E-state index is -0.257. The van der Waals surface area contributed by atoms with Crippen LogP contribution in [0.3, 0.4) is 0 Å². The number of rotatable bonds is 4. The number of nitrogens with one attached hydrogen (secondary N) is 3. The third-order valence-electron chi connectivity index (χ3n) is 3.95. The van der Waals surface area contributed by atoms with Gasteiger partial charge in [-0.1, -0.05) is 24.0 Å². The number of fused-ring (bicyclic) bond motifs is 2. The smallest absolute Gasteiger partial charge is 0.287 e. The molecule has 3 N–H and O–H groups in total. The van der Waals surface area contributed by atoms with Gasteiger partial charge in [-0.3, -0.25) is 9.89 Å². The van der Waals surface area contributed by atoms with Crippen molar-refractivity contribution in [1.29, 1.82) is 0 Å². The fourth-order valence-corrected chi connectivity index (χ4v) is 2.65. The number of carbonyl (C=O) groups is 1. The van der Waals surface area contributed by atoms with E-state index in [2.05, 4.69) is 42.3 Å². The van der Waals surface area contributed by atoms with Crippen LogP contribution in [0.2, 0.25) is 0 Å². The predicted octanol–water partition coefficient (Wildman–Crippen LogP) is 2.01. The molecule has 0 aliphatic rings. The lowest BCUT2D eigenvalue weighted by molar-refractivity contribution is 0.0945. The lowest BCUT2D eigenvalue weighted by Crippen LogP contribution is -2.25. The van der Waals surface area contributed by atoms with Crippen molar-refractivity contribution >= 4 is 28.0 Å². The average molecular weight is 360 g/mol. The van der Waals surface area contributed by atoms with Gasteiger partial charge >= 0.3 is 0 Å². The number of aromatic nitrogens is 5. The lowest BCUT2D eigenvalue weighted by atomic mass is 10.2. The summed E-state index contributed by atoms with van der Waals surface area (Å²) in [7, 11) is 1.54. The van der Waals surface area contributed by atoms with E-state index in [0.717, 1.165) is 16.4 Å². The van der Waals surface area contributed by atoms with Crippen molar-refractivity contribution in [3.8, 4) is 17.7 Å². The Kier molecular flexibility index (Phi) is 4.41. The zero-order chi connectivity index (χ0) is 18.6. The third kappa shape index (κ3) is 3.43. The first-order valence-electron chi connectivity index (χ1n) is 8.34. The van der Waals surface area contributed by atoms with Crippen LogP contribution in [0.15, 0.2) is 36.5 Å². The van der Waals surface area contributed by atoms with E-state index in [1.165, 1.54) is 0 Å². The summed E-state index contributed by atoms with van der Waals surface area (Å²) in [4.78, 5) is 23.8. The average Bonchev–Trinajstić information content (AvgIpc) is 3.32. The van der Waals surface area contributed by atoms with Crippen molar-refractivity contribution in [2.45, 2.75) is 6.42 Å². The van der Waals surface area contributed by atoms with Gasteiger partial charge in [0.15, 0.2) is 11.5 Å². The SMILES string of the molecule is COc1nc2[nH]ncc2cc1C#CCCNC(=O)c1nc2ccccc2[nH]1. The number of benzene rings is 1. The summed E-state index contributed by atoms with van der Waals surface area (Å²) in [6, 6.07) is 9.37. The molecule has 1 aromatic carbocycles. The van der Waals surface area contributed by atoms with Crippen molar-refractivity contribution < 1.29 is 9.53 Å². The van der Waals surface area contributed by atoms with Crippen LogP contribution in [0, 0.1) is 11.8 Å². The Morgan fingerprint density at radius 3 is 3.04 bits per heavy atom. The second-order valence-corrected chi connectivity index (χ2v) is 5.76. The third-order valence-corrected chi connectivity index (χ3v) is 3.95. The molecule has 4 rings (SSSR count). The molecule has 0 spiro atoms. The topological polar surface area (TPSA) is 109 Å². The molecule has 0 bridgehead atoms. The lowest BCUT2D eigenvalue weighted by Gasteiger charge is -2.01. The van der Waals surface area contributed by atoms with Crippen molar-refractivity contribution in [3.63, 3.8) is 0 Å². The molecule has 3 heterocycles. The summed E-state index contributed by atoms with van der Waals surface area (Å²) in [5.74, 6) is 6.52. The van der Waals surface area contributed by atoms with Crippen LogP contribution in [-0.4, -0.2) is 44.7 Å². The number of nitrogens with zero attached hydrogens (tertiary/aromatic N) is 3. The number of imidazole rings is 1. The van der Waals surface area contributed by atoms with Crippen molar-refractivity contribution in [2.24, 2.45) is 0 Å².